The van der Waals surface area contributed by atoms with E-state index in [1.165, 1.54) is 0 Å². The summed E-state index contributed by atoms with van der Waals surface area (Å²) in [6.45, 7) is 5.69. The molecule has 2 aliphatic rings. The van der Waals surface area contributed by atoms with Crippen molar-refractivity contribution in [1.29, 1.82) is 0 Å². The van der Waals surface area contributed by atoms with Crippen LogP contribution in [0, 0.1) is 16.0 Å². The second-order valence-corrected chi connectivity index (χ2v) is 5.31. The third-order valence-corrected chi connectivity index (χ3v) is 4.05. The SMILES string of the molecule is CC(C)C12CNCC(O1)c1ccc([N+](=O)[O-])cc12. The molecule has 0 saturated carbocycles. The summed E-state index contributed by atoms with van der Waals surface area (Å²) in [6, 6.07) is 5.09. The maximum absolute atomic E-state index is 10.9. The molecule has 2 bridgehead atoms. The summed E-state index contributed by atoms with van der Waals surface area (Å²) in [5, 5.41) is 14.3. The van der Waals surface area contributed by atoms with Crippen LogP contribution >= 0.6 is 0 Å². The molecule has 1 aromatic carbocycles. The molecular weight excluding hydrogens is 232 g/mol. The van der Waals surface area contributed by atoms with Gasteiger partial charge in [0.05, 0.1) is 11.0 Å². The zero-order valence-corrected chi connectivity index (χ0v) is 10.5. The van der Waals surface area contributed by atoms with Gasteiger partial charge in [0.2, 0.25) is 0 Å². The Morgan fingerprint density at radius 1 is 1.56 bits per heavy atom. The fraction of sp³-hybridized carbons (Fsp3) is 0.538. The standard InChI is InChI=1S/C13H16N2O3/c1-8(2)13-7-14-6-12(18-13)10-4-3-9(15(16)17)5-11(10)13/h3-5,8,12,14H,6-7H2,1-2H3. The first-order valence-electron chi connectivity index (χ1n) is 6.22. The van der Waals surface area contributed by atoms with Gasteiger partial charge < -0.3 is 10.1 Å². The first kappa shape index (κ1) is 11.6. The molecule has 96 valence electrons. The van der Waals surface area contributed by atoms with Crippen molar-refractivity contribution in [2.24, 2.45) is 5.92 Å². The largest absolute Gasteiger partial charge is 0.359 e. The summed E-state index contributed by atoms with van der Waals surface area (Å²) >= 11 is 0. The van der Waals surface area contributed by atoms with E-state index in [1.54, 1.807) is 12.1 Å². The minimum Gasteiger partial charge on any atom is -0.359 e. The molecule has 0 radical (unpaired) electrons. The second-order valence-electron chi connectivity index (χ2n) is 5.31. The van der Waals surface area contributed by atoms with Gasteiger partial charge in [-0.25, -0.2) is 0 Å². The fourth-order valence-electron chi connectivity index (χ4n) is 3.01. The smallest absolute Gasteiger partial charge is 0.269 e. The van der Waals surface area contributed by atoms with Gasteiger partial charge in [-0.15, -0.1) is 0 Å². The number of non-ortho nitro benzene ring substituents is 1. The Hall–Kier alpha value is -1.46. The van der Waals surface area contributed by atoms with Gasteiger partial charge in [-0.1, -0.05) is 13.8 Å². The Kier molecular flexibility index (Phi) is 2.43. The number of hydrogen-bond donors (Lipinski definition) is 1. The van der Waals surface area contributed by atoms with Crippen LogP contribution in [0.25, 0.3) is 0 Å². The molecule has 5 nitrogen and oxygen atoms in total. The quantitative estimate of drug-likeness (QED) is 0.643. The number of nitrogens with one attached hydrogen (secondary N) is 1. The topological polar surface area (TPSA) is 64.4 Å². The molecule has 0 aromatic heterocycles. The lowest BCUT2D eigenvalue weighted by atomic mass is 9.82. The summed E-state index contributed by atoms with van der Waals surface area (Å²) in [6.07, 6.45) is 0.0250. The van der Waals surface area contributed by atoms with Crippen LogP contribution in [-0.2, 0) is 10.3 Å². The minimum atomic E-state index is -0.412. The first-order chi connectivity index (χ1) is 8.54. The van der Waals surface area contributed by atoms with E-state index in [4.69, 9.17) is 4.74 Å². The van der Waals surface area contributed by atoms with Crippen LogP contribution in [-0.4, -0.2) is 18.0 Å². The van der Waals surface area contributed by atoms with Crippen LogP contribution in [0.3, 0.4) is 0 Å². The molecule has 2 unspecified atom stereocenters. The van der Waals surface area contributed by atoms with E-state index in [9.17, 15) is 10.1 Å². The number of hydrogen-bond acceptors (Lipinski definition) is 4. The fourth-order valence-corrected chi connectivity index (χ4v) is 3.01. The van der Waals surface area contributed by atoms with Crippen molar-refractivity contribution < 1.29 is 9.66 Å². The molecule has 0 amide bonds. The van der Waals surface area contributed by atoms with Crippen molar-refractivity contribution in [3.05, 3.63) is 39.4 Å². The molecule has 1 N–H and O–H groups in total. The van der Waals surface area contributed by atoms with Gasteiger partial charge in [0, 0.05) is 25.2 Å². The molecule has 3 rings (SSSR count). The molecule has 1 saturated heterocycles. The zero-order valence-electron chi connectivity index (χ0n) is 10.5. The summed E-state index contributed by atoms with van der Waals surface area (Å²) in [5.74, 6) is 0.274. The number of morpholine rings is 1. The number of benzene rings is 1. The maximum atomic E-state index is 10.9. The highest BCUT2D eigenvalue weighted by Gasteiger charge is 2.50. The highest BCUT2D eigenvalue weighted by Crippen LogP contribution is 2.50. The van der Waals surface area contributed by atoms with Gasteiger partial charge >= 0.3 is 0 Å². The summed E-state index contributed by atoms with van der Waals surface area (Å²) in [4.78, 5) is 10.6. The highest BCUT2D eigenvalue weighted by molar-refractivity contribution is 5.47. The Bertz CT molecular complexity index is 515. The summed E-state index contributed by atoms with van der Waals surface area (Å²) in [5.41, 5.74) is 1.82. The maximum Gasteiger partial charge on any atom is 0.269 e. The van der Waals surface area contributed by atoms with Crippen LogP contribution in [0.1, 0.15) is 31.1 Å². The first-order valence-corrected chi connectivity index (χ1v) is 6.22. The van der Waals surface area contributed by atoms with Gasteiger partial charge in [0.1, 0.15) is 5.60 Å². The average Bonchev–Trinajstić information content (AvgIpc) is 2.59. The van der Waals surface area contributed by atoms with Gasteiger partial charge in [-0.3, -0.25) is 10.1 Å². The van der Waals surface area contributed by atoms with E-state index in [0.717, 1.165) is 24.2 Å². The third-order valence-electron chi connectivity index (χ3n) is 4.05. The van der Waals surface area contributed by atoms with Crippen LogP contribution in [0.5, 0.6) is 0 Å². The van der Waals surface area contributed by atoms with E-state index in [1.807, 2.05) is 6.07 Å². The number of ether oxygens (including phenoxy) is 1. The van der Waals surface area contributed by atoms with Gasteiger partial charge in [-0.2, -0.15) is 0 Å². The van der Waals surface area contributed by atoms with Crippen molar-refractivity contribution >= 4 is 5.69 Å². The predicted octanol–water partition coefficient (Wildman–Crippen LogP) is 2.12. The lowest BCUT2D eigenvalue weighted by Gasteiger charge is -2.38. The second kappa shape index (κ2) is 3.76. The van der Waals surface area contributed by atoms with E-state index in [2.05, 4.69) is 19.2 Å². The number of nitrogens with zero attached hydrogens (tertiary/aromatic N) is 1. The Morgan fingerprint density at radius 2 is 2.33 bits per heavy atom. The number of fused-ring (bicyclic) bond motifs is 5. The number of nitro benzene ring substituents is 1. The van der Waals surface area contributed by atoms with Gasteiger partial charge in [0.15, 0.2) is 0 Å². The molecule has 1 aromatic rings. The third kappa shape index (κ3) is 1.41. The zero-order chi connectivity index (χ0) is 12.9. The van der Waals surface area contributed by atoms with E-state index < -0.39 is 5.60 Å². The predicted molar refractivity (Wildman–Crippen MR) is 66.3 cm³/mol. The Balaban J connectivity index is 2.18. The molecule has 18 heavy (non-hydrogen) atoms. The van der Waals surface area contributed by atoms with Crippen molar-refractivity contribution in [3.63, 3.8) is 0 Å². The summed E-state index contributed by atoms with van der Waals surface area (Å²) < 4.78 is 6.17. The molecule has 1 fully saturated rings. The molecule has 2 heterocycles. The van der Waals surface area contributed by atoms with Crippen LogP contribution in [0.2, 0.25) is 0 Å². The molecule has 0 aliphatic carbocycles. The van der Waals surface area contributed by atoms with Crippen LogP contribution in [0.15, 0.2) is 18.2 Å². The van der Waals surface area contributed by atoms with Crippen molar-refractivity contribution in [2.45, 2.75) is 25.6 Å². The number of nitro groups is 1. The normalized spacial score (nSPS) is 29.4. The monoisotopic (exact) mass is 248 g/mol. The summed E-state index contributed by atoms with van der Waals surface area (Å²) in [7, 11) is 0. The van der Waals surface area contributed by atoms with Crippen molar-refractivity contribution in [1.82, 2.24) is 5.32 Å². The molecule has 2 aliphatic heterocycles. The lowest BCUT2D eigenvalue weighted by molar-refractivity contribution is -0.385. The van der Waals surface area contributed by atoms with Crippen LogP contribution < -0.4 is 5.32 Å². The lowest BCUT2D eigenvalue weighted by Crippen LogP contribution is -2.47. The Labute approximate surface area is 105 Å². The molecule has 2 atom stereocenters. The van der Waals surface area contributed by atoms with Gasteiger partial charge in [0.25, 0.3) is 5.69 Å². The van der Waals surface area contributed by atoms with E-state index in [-0.39, 0.29) is 22.6 Å². The molecule has 0 spiro atoms. The van der Waals surface area contributed by atoms with E-state index in [0.29, 0.717) is 0 Å². The Morgan fingerprint density at radius 3 is 3.00 bits per heavy atom. The minimum absolute atomic E-state index is 0.0250. The van der Waals surface area contributed by atoms with E-state index >= 15 is 0 Å². The molecule has 5 heteroatoms. The van der Waals surface area contributed by atoms with Crippen molar-refractivity contribution in [3.8, 4) is 0 Å². The average molecular weight is 248 g/mol. The molecular formula is C13H16N2O3. The van der Waals surface area contributed by atoms with Gasteiger partial charge in [-0.05, 0) is 23.1 Å². The number of rotatable bonds is 2. The highest BCUT2D eigenvalue weighted by atomic mass is 16.6. The van der Waals surface area contributed by atoms with Crippen molar-refractivity contribution in [2.75, 3.05) is 13.1 Å². The van der Waals surface area contributed by atoms with Crippen LogP contribution in [0.4, 0.5) is 5.69 Å².